The molecule has 0 bridgehead atoms. The zero-order valence-electron chi connectivity index (χ0n) is 7.71. The molecule has 1 atom stereocenters. The fourth-order valence-electron chi connectivity index (χ4n) is 1.62. The van der Waals surface area contributed by atoms with Gasteiger partial charge in [-0.05, 0) is 12.1 Å². The van der Waals surface area contributed by atoms with Crippen molar-refractivity contribution in [2.45, 2.75) is 13.0 Å². The lowest BCUT2D eigenvalue weighted by atomic mass is 10.1. The number of carbonyl (C=O) groups is 1. The molecule has 74 valence electrons. The third kappa shape index (κ3) is 1.55. The second kappa shape index (κ2) is 3.50. The molecule has 1 aliphatic rings. The number of anilines is 1. The molecule has 4 heteroatoms. The number of rotatable bonds is 1. The lowest BCUT2D eigenvalue weighted by Gasteiger charge is -2.11. The van der Waals surface area contributed by atoms with E-state index in [1.807, 2.05) is 12.1 Å². The molecule has 0 amide bonds. The quantitative estimate of drug-likeness (QED) is 0.725. The highest BCUT2D eigenvalue weighted by atomic mass is 35.5. The van der Waals surface area contributed by atoms with Gasteiger partial charge in [0.1, 0.15) is 6.10 Å². The molecule has 2 rings (SSSR count). The van der Waals surface area contributed by atoms with Crippen molar-refractivity contribution in [1.29, 1.82) is 0 Å². The van der Waals surface area contributed by atoms with Gasteiger partial charge >= 0.3 is 5.97 Å². The summed E-state index contributed by atoms with van der Waals surface area (Å²) in [4.78, 5) is 10.8. The summed E-state index contributed by atoms with van der Waals surface area (Å²) >= 11 is 6.02. The van der Waals surface area contributed by atoms with E-state index in [1.54, 1.807) is 6.07 Å². The number of carbonyl (C=O) groups excluding carboxylic acids is 1. The minimum absolute atomic E-state index is 0.254. The highest BCUT2D eigenvalue weighted by Crippen LogP contribution is 2.37. The summed E-state index contributed by atoms with van der Waals surface area (Å²) in [5, 5.41) is 3.77. The van der Waals surface area contributed by atoms with E-state index >= 15 is 0 Å². The van der Waals surface area contributed by atoms with Crippen LogP contribution in [0.2, 0.25) is 5.02 Å². The minimum atomic E-state index is -0.287. The van der Waals surface area contributed by atoms with Crippen LogP contribution in [0.5, 0.6) is 0 Å². The van der Waals surface area contributed by atoms with E-state index in [0.29, 0.717) is 11.6 Å². The lowest BCUT2D eigenvalue weighted by molar-refractivity contribution is -0.145. The summed E-state index contributed by atoms with van der Waals surface area (Å²) in [6, 6.07) is 5.58. The fourth-order valence-corrected chi connectivity index (χ4v) is 1.92. The largest absolute Gasteiger partial charge is 0.456 e. The van der Waals surface area contributed by atoms with Crippen LogP contribution < -0.4 is 5.32 Å². The first-order chi connectivity index (χ1) is 6.68. The van der Waals surface area contributed by atoms with Crippen molar-refractivity contribution in [2.24, 2.45) is 0 Å². The minimum Gasteiger partial charge on any atom is -0.456 e. The predicted molar refractivity (Wildman–Crippen MR) is 54.4 cm³/mol. The second-order valence-corrected chi connectivity index (χ2v) is 3.59. The predicted octanol–water partition coefficient (Wildman–Crippen LogP) is 2.37. The zero-order chi connectivity index (χ0) is 10.1. The Kier molecular flexibility index (Phi) is 2.33. The van der Waals surface area contributed by atoms with E-state index < -0.39 is 0 Å². The number of hydrogen-bond donors (Lipinski definition) is 1. The van der Waals surface area contributed by atoms with Crippen LogP contribution in [-0.2, 0) is 9.53 Å². The number of ether oxygens (including phenoxy) is 1. The van der Waals surface area contributed by atoms with Crippen molar-refractivity contribution in [3.63, 3.8) is 0 Å². The van der Waals surface area contributed by atoms with Gasteiger partial charge in [0, 0.05) is 23.2 Å². The van der Waals surface area contributed by atoms with Crippen LogP contribution in [0, 0.1) is 0 Å². The Labute approximate surface area is 87.0 Å². The van der Waals surface area contributed by atoms with Crippen LogP contribution in [-0.4, -0.2) is 12.5 Å². The molecule has 0 saturated carbocycles. The van der Waals surface area contributed by atoms with Crippen LogP contribution in [0.25, 0.3) is 0 Å². The summed E-state index contributed by atoms with van der Waals surface area (Å²) in [6.45, 7) is 1.99. The first kappa shape index (κ1) is 9.34. The standard InChI is InChI=1S/C10H10ClNO2/c1-6(13)14-9-5-12-8-4-2-3-7(11)10(8)9/h2-4,9,12H,5H2,1H3. The number of benzene rings is 1. The Bertz CT molecular complexity index is 378. The first-order valence-corrected chi connectivity index (χ1v) is 4.76. The van der Waals surface area contributed by atoms with Gasteiger partial charge in [0.15, 0.2) is 0 Å². The Balaban J connectivity index is 2.33. The van der Waals surface area contributed by atoms with Gasteiger partial charge in [0.05, 0.1) is 6.54 Å². The van der Waals surface area contributed by atoms with Crippen molar-refractivity contribution < 1.29 is 9.53 Å². The molecule has 0 radical (unpaired) electrons. The normalized spacial score (nSPS) is 18.6. The topological polar surface area (TPSA) is 38.3 Å². The van der Waals surface area contributed by atoms with Gasteiger partial charge in [-0.15, -0.1) is 0 Å². The first-order valence-electron chi connectivity index (χ1n) is 4.38. The molecule has 1 unspecified atom stereocenters. The Morgan fingerprint density at radius 1 is 1.64 bits per heavy atom. The molecule has 1 N–H and O–H groups in total. The van der Waals surface area contributed by atoms with E-state index in [4.69, 9.17) is 16.3 Å². The maximum Gasteiger partial charge on any atom is 0.303 e. The summed E-state index contributed by atoms with van der Waals surface area (Å²) in [6.07, 6.45) is -0.254. The summed E-state index contributed by atoms with van der Waals surface area (Å²) in [7, 11) is 0. The Morgan fingerprint density at radius 2 is 2.43 bits per heavy atom. The number of esters is 1. The summed E-state index contributed by atoms with van der Waals surface area (Å²) in [5.41, 5.74) is 1.83. The highest BCUT2D eigenvalue weighted by Gasteiger charge is 2.26. The SMILES string of the molecule is CC(=O)OC1CNc2cccc(Cl)c21. The van der Waals surface area contributed by atoms with Crippen LogP contribution in [0.15, 0.2) is 18.2 Å². The molecule has 1 aromatic carbocycles. The average Bonchev–Trinajstić information content (AvgIpc) is 2.49. The summed E-state index contributed by atoms with van der Waals surface area (Å²) in [5.74, 6) is -0.287. The van der Waals surface area contributed by atoms with E-state index in [-0.39, 0.29) is 12.1 Å². The van der Waals surface area contributed by atoms with Gasteiger partial charge in [-0.2, -0.15) is 0 Å². The fraction of sp³-hybridized carbons (Fsp3) is 0.300. The van der Waals surface area contributed by atoms with E-state index in [9.17, 15) is 4.79 Å². The maximum absolute atomic E-state index is 10.8. The molecular weight excluding hydrogens is 202 g/mol. The van der Waals surface area contributed by atoms with E-state index in [0.717, 1.165) is 11.3 Å². The monoisotopic (exact) mass is 211 g/mol. The van der Waals surface area contributed by atoms with Crippen LogP contribution in [0.3, 0.4) is 0 Å². The molecule has 0 aromatic heterocycles. The van der Waals surface area contributed by atoms with Crippen LogP contribution in [0.1, 0.15) is 18.6 Å². The summed E-state index contributed by atoms with van der Waals surface area (Å²) < 4.78 is 5.13. The number of nitrogens with one attached hydrogen (secondary N) is 1. The van der Waals surface area contributed by atoms with Crippen molar-refractivity contribution in [3.8, 4) is 0 Å². The number of halogens is 1. The Hall–Kier alpha value is -1.22. The lowest BCUT2D eigenvalue weighted by Crippen LogP contribution is -2.10. The average molecular weight is 212 g/mol. The molecule has 0 spiro atoms. The second-order valence-electron chi connectivity index (χ2n) is 3.18. The molecule has 0 aliphatic carbocycles. The van der Waals surface area contributed by atoms with Gasteiger partial charge in [0.2, 0.25) is 0 Å². The third-order valence-electron chi connectivity index (χ3n) is 2.16. The molecule has 1 heterocycles. The molecule has 1 aromatic rings. The maximum atomic E-state index is 10.8. The van der Waals surface area contributed by atoms with Gasteiger partial charge in [0.25, 0.3) is 0 Å². The van der Waals surface area contributed by atoms with Gasteiger partial charge in [-0.3, -0.25) is 4.79 Å². The van der Waals surface area contributed by atoms with Crippen LogP contribution >= 0.6 is 11.6 Å². The van der Waals surface area contributed by atoms with Gasteiger partial charge in [-0.25, -0.2) is 0 Å². The van der Waals surface area contributed by atoms with Crippen molar-refractivity contribution in [3.05, 3.63) is 28.8 Å². The van der Waals surface area contributed by atoms with Gasteiger partial charge < -0.3 is 10.1 Å². The smallest absolute Gasteiger partial charge is 0.303 e. The molecule has 14 heavy (non-hydrogen) atoms. The molecule has 0 fully saturated rings. The molecule has 3 nitrogen and oxygen atoms in total. The number of fused-ring (bicyclic) bond motifs is 1. The number of hydrogen-bond acceptors (Lipinski definition) is 3. The van der Waals surface area contributed by atoms with E-state index in [1.165, 1.54) is 6.92 Å². The molecule has 1 aliphatic heterocycles. The van der Waals surface area contributed by atoms with Crippen LogP contribution in [0.4, 0.5) is 5.69 Å². The van der Waals surface area contributed by atoms with Crippen molar-refractivity contribution in [1.82, 2.24) is 0 Å². The van der Waals surface area contributed by atoms with Crippen molar-refractivity contribution in [2.75, 3.05) is 11.9 Å². The third-order valence-corrected chi connectivity index (χ3v) is 2.49. The zero-order valence-corrected chi connectivity index (χ0v) is 8.47. The van der Waals surface area contributed by atoms with E-state index in [2.05, 4.69) is 5.32 Å². The van der Waals surface area contributed by atoms with Crippen molar-refractivity contribution >= 4 is 23.3 Å². The highest BCUT2D eigenvalue weighted by molar-refractivity contribution is 6.31. The molecule has 0 saturated heterocycles. The molecular formula is C10H10ClNO2. The Morgan fingerprint density at radius 3 is 3.14 bits per heavy atom. The van der Waals surface area contributed by atoms with Gasteiger partial charge in [-0.1, -0.05) is 17.7 Å².